The van der Waals surface area contributed by atoms with Crippen molar-refractivity contribution in [1.82, 2.24) is 0 Å². The molecule has 2 aliphatic rings. The Morgan fingerprint density at radius 3 is 2.00 bits per heavy atom. The normalized spacial score (nSPS) is 29.1. The predicted octanol–water partition coefficient (Wildman–Crippen LogP) is 4.35. The van der Waals surface area contributed by atoms with Gasteiger partial charge in [-0.25, -0.2) is 4.79 Å². The van der Waals surface area contributed by atoms with Crippen molar-refractivity contribution in [2.45, 2.75) is 77.2 Å². The molecule has 2 rings (SSSR count). The molecule has 0 aromatic rings. The number of carboxylic acids is 1. The Morgan fingerprint density at radius 1 is 0.923 bits per heavy atom. The summed E-state index contributed by atoms with van der Waals surface area (Å²) in [5.74, 6) is 0.429. The molecule has 0 bridgehead atoms. The van der Waals surface area contributed by atoms with Crippen LogP contribution in [0.15, 0.2) is 12.2 Å². The average Bonchev–Trinajstić information content (AvgIpc) is 2.64. The SMILES string of the molecule is C=C(C)C(=O)OCCCCOC1CCC(C2CCC(C(=O)O)CC2)CC1. The van der Waals surface area contributed by atoms with E-state index in [0.717, 1.165) is 69.8 Å². The first-order valence-corrected chi connectivity index (χ1v) is 10.1. The van der Waals surface area contributed by atoms with E-state index in [1.807, 2.05) is 0 Å². The van der Waals surface area contributed by atoms with E-state index in [1.54, 1.807) is 6.92 Å². The molecule has 0 aromatic heterocycles. The minimum absolute atomic E-state index is 0.111. The van der Waals surface area contributed by atoms with E-state index >= 15 is 0 Å². The maximum Gasteiger partial charge on any atom is 0.333 e. The summed E-state index contributed by atoms with van der Waals surface area (Å²) in [4.78, 5) is 22.3. The van der Waals surface area contributed by atoms with Crippen molar-refractivity contribution in [3.8, 4) is 0 Å². The minimum atomic E-state index is -0.616. The lowest BCUT2D eigenvalue weighted by atomic mass is 9.70. The predicted molar refractivity (Wildman–Crippen MR) is 99.8 cm³/mol. The van der Waals surface area contributed by atoms with Gasteiger partial charge in [0.05, 0.1) is 18.6 Å². The van der Waals surface area contributed by atoms with Crippen molar-refractivity contribution in [2.24, 2.45) is 17.8 Å². The second-order valence-electron chi connectivity index (χ2n) is 7.98. The summed E-state index contributed by atoms with van der Waals surface area (Å²) in [6.07, 6.45) is 10.6. The van der Waals surface area contributed by atoms with Gasteiger partial charge in [-0.05, 0) is 83.0 Å². The van der Waals surface area contributed by atoms with Gasteiger partial charge in [-0.15, -0.1) is 0 Å². The van der Waals surface area contributed by atoms with Crippen molar-refractivity contribution < 1.29 is 24.2 Å². The van der Waals surface area contributed by atoms with Crippen LogP contribution in [0.4, 0.5) is 0 Å². The molecule has 0 aliphatic heterocycles. The van der Waals surface area contributed by atoms with Crippen molar-refractivity contribution in [3.05, 3.63) is 12.2 Å². The molecule has 0 spiro atoms. The molecule has 2 fully saturated rings. The van der Waals surface area contributed by atoms with Gasteiger partial charge in [-0.3, -0.25) is 4.79 Å². The molecule has 0 aromatic carbocycles. The van der Waals surface area contributed by atoms with Crippen molar-refractivity contribution >= 4 is 11.9 Å². The number of unbranched alkanes of at least 4 members (excludes halogenated alkanes) is 1. The second-order valence-corrected chi connectivity index (χ2v) is 7.98. The number of aliphatic carboxylic acids is 1. The Kier molecular flexibility index (Phi) is 8.63. The van der Waals surface area contributed by atoms with Crippen LogP contribution in [0.3, 0.4) is 0 Å². The van der Waals surface area contributed by atoms with Gasteiger partial charge in [-0.1, -0.05) is 6.58 Å². The fourth-order valence-electron chi connectivity index (χ4n) is 4.31. The first-order chi connectivity index (χ1) is 12.5. The van der Waals surface area contributed by atoms with Crippen LogP contribution in [0.1, 0.15) is 71.1 Å². The van der Waals surface area contributed by atoms with Crippen LogP contribution in [-0.4, -0.2) is 36.4 Å². The molecule has 148 valence electrons. The lowest BCUT2D eigenvalue weighted by Gasteiger charge is -2.37. The highest BCUT2D eigenvalue weighted by Crippen LogP contribution is 2.40. The highest BCUT2D eigenvalue weighted by molar-refractivity contribution is 5.86. The first kappa shape index (κ1) is 20.9. The molecule has 0 saturated heterocycles. The summed E-state index contributed by atoms with van der Waals surface area (Å²) in [7, 11) is 0. The molecule has 0 radical (unpaired) electrons. The van der Waals surface area contributed by atoms with Crippen LogP contribution in [0.25, 0.3) is 0 Å². The van der Waals surface area contributed by atoms with Gasteiger partial charge >= 0.3 is 11.9 Å². The molecule has 5 heteroatoms. The number of carbonyl (C=O) groups is 2. The lowest BCUT2D eigenvalue weighted by molar-refractivity contribution is -0.143. The fourth-order valence-corrected chi connectivity index (χ4v) is 4.31. The van der Waals surface area contributed by atoms with Gasteiger partial charge in [-0.2, -0.15) is 0 Å². The highest BCUT2D eigenvalue weighted by atomic mass is 16.5. The number of ether oxygens (including phenoxy) is 2. The third-order valence-electron chi connectivity index (χ3n) is 5.98. The highest BCUT2D eigenvalue weighted by Gasteiger charge is 2.32. The van der Waals surface area contributed by atoms with Crippen molar-refractivity contribution in [2.75, 3.05) is 13.2 Å². The number of hydrogen-bond acceptors (Lipinski definition) is 4. The van der Waals surface area contributed by atoms with Gasteiger partial charge in [0, 0.05) is 12.2 Å². The van der Waals surface area contributed by atoms with Gasteiger partial charge in [0.1, 0.15) is 0 Å². The Balaban J connectivity index is 1.52. The molecule has 26 heavy (non-hydrogen) atoms. The number of esters is 1. The first-order valence-electron chi connectivity index (χ1n) is 10.1. The molecule has 2 aliphatic carbocycles. The zero-order chi connectivity index (χ0) is 18.9. The summed E-state index contributed by atoms with van der Waals surface area (Å²) < 4.78 is 11.1. The van der Waals surface area contributed by atoms with Crippen LogP contribution in [-0.2, 0) is 19.1 Å². The summed E-state index contributed by atoms with van der Waals surface area (Å²) >= 11 is 0. The molecule has 0 amide bonds. The Labute approximate surface area is 157 Å². The zero-order valence-corrected chi connectivity index (χ0v) is 16.1. The Hall–Kier alpha value is -1.36. The molecule has 2 saturated carbocycles. The number of carbonyl (C=O) groups excluding carboxylic acids is 1. The molecular formula is C21H34O5. The molecule has 1 N–H and O–H groups in total. The molecular weight excluding hydrogens is 332 g/mol. The van der Waals surface area contributed by atoms with E-state index in [-0.39, 0.29) is 11.9 Å². The minimum Gasteiger partial charge on any atom is -0.481 e. The van der Waals surface area contributed by atoms with Gasteiger partial charge < -0.3 is 14.6 Å². The Bertz CT molecular complexity index is 471. The smallest absolute Gasteiger partial charge is 0.333 e. The van der Waals surface area contributed by atoms with E-state index in [4.69, 9.17) is 14.6 Å². The molecule has 0 heterocycles. The van der Waals surface area contributed by atoms with Crippen LogP contribution in [0.2, 0.25) is 0 Å². The van der Waals surface area contributed by atoms with E-state index in [9.17, 15) is 9.59 Å². The van der Waals surface area contributed by atoms with Crippen LogP contribution >= 0.6 is 0 Å². The number of carboxylic acid groups (broad SMARTS) is 1. The van der Waals surface area contributed by atoms with E-state index < -0.39 is 5.97 Å². The van der Waals surface area contributed by atoms with Crippen molar-refractivity contribution in [1.29, 1.82) is 0 Å². The third-order valence-corrected chi connectivity index (χ3v) is 5.98. The van der Waals surface area contributed by atoms with Crippen LogP contribution in [0, 0.1) is 17.8 Å². The quantitative estimate of drug-likeness (QED) is 0.373. The zero-order valence-electron chi connectivity index (χ0n) is 16.1. The van der Waals surface area contributed by atoms with Gasteiger partial charge in [0.25, 0.3) is 0 Å². The van der Waals surface area contributed by atoms with E-state index in [0.29, 0.717) is 18.3 Å². The standard InChI is InChI=1S/C21H34O5/c1-15(2)21(24)26-14-4-3-13-25-19-11-9-17(10-12-19)16-5-7-18(8-6-16)20(22)23/h16-19H,1,3-14H2,2H3,(H,22,23). The van der Waals surface area contributed by atoms with Crippen LogP contribution in [0.5, 0.6) is 0 Å². The summed E-state index contributed by atoms with van der Waals surface area (Å²) in [5.41, 5.74) is 0.439. The summed E-state index contributed by atoms with van der Waals surface area (Å²) in [5, 5.41) is 9.11. The number of hydrogen-bond donors (Lipinski definition) is 1. The summed E-state index contributed by atoms with van der Waals surface area (Å²) in [6.45, 7) is 6.37. The Morgan fingerprint density at radius 2 is 1.46 bits per heavy atom. The average molecular weight is 366 g/mol. The molecule has 5 nitrogen and oxygen atoms in total. The van der Waals surface area contributed by atoms with Crippen molar-refractivity contribution in [3.63, 3.8) is 0 Å². The maximum atomic E-state index is 11.3. The van der Waals surface area contributed by atoms with Gasteiger partial charge in [0.2, 0.25) is 0 Å². The van der Waals surface area contributed by atoms with E-state index in [2.05, 4.69) is 6.58 Å². The monoisotopic (exact) mass is 366 g/mol. The fraction of sp³-hybridized carbons (Fsp3) is 0.810. The largest absolute Gasteiger partial charge is 0.481 e. The van der Waals surface area contributed by atoms with E-state index in [1.165, 1.54) is 12.8 Å². The summed E-state index contributed by atoms with van der Waals surface area (Å²) in [6, 6.07) is 0. The van der Waals surface area contributed by atoms with Gasteiger partial charge in [0.15, 0.2) is 0 Å². The molecule has 0 atom stereocenters. The number of rotatable bonds is 9. The third kappa shape index (κ3) is 6.75. The maximum absolute atomic E-state index is 11.3. The molecule has 0 unspecified atom stereocenters. The lowest BCUT2D eigenvalue weighted by Crippen LogP contribution is -2.30. The topological polar surface area (TPSA) is 72.8 Å². The van der Waals surface area contributed by atoms with Crippen LogP contribution < -0.4 is 0 Å². The second kappa shape index (κ2) is 10.7.